The first kappa shape index (κ1) is 49.2. The second-order valence-corrected chi connectivity index (χ2v) is 18.5. The summed E-state index contributed by atoms with van der Waals surface area (Å²) in [4.78, 5) is 60.2. The fraction of sp³-hybridized carbons (Fsp3) is 0.540. The lowest BCUT2D eigenvalue weighted by Crippen LogP contribution is -2.57. The van der Waals surface area contributed by atoms with Gasteiger partial charge in [0.15, 0.2) is 0 Å². The van der Waals surface area contributed by atoms with E-state index in [0.717, 1.165) is 61.9 Å². The molecule has 67 heavy (non-hydrogen) atoms. The molecule has 0 saturated carbocycles. The first-order valence-corrected chi connectivity index (χ1v) is 23.5. The summed E-state index contributed by atoms with van der Waals surface area (Å²) in [5.41, 5.74) is 6.45. The molecule has 17 heteroatoms. The van der Waals surface area contributed by atoms with Crippen molar-refractivity contribution in [2.24, 2.45) is 17.8 Å². The standard InChI is InChI=1S/C50H68N8O9/c1-11-29(5)58(48(60)42(27(2)3)55-49(61)64-9)31(7)45-51-23-40(53-45)34-12-14-36-35(20-34)26-67-41-22-37-33(21-38(36)41)13-15-39-44(37)54-46(52-39)30(6)57(24-28(4)25-63-8)47(59)43(56-50(62)65-10)32-16-18-66-19-17-32/h12-15,20-23,27-32,42-43,48,60H,11,16-19,24-26H2,1-10H3,(H,51,53)(H,52,54)(H,55,61)(H,56,62)/t28-,29-,30-,31-,42-,43-,48?/m0/s1. The predicted molar refractivity (Wildman–Crippen MR) is 255 cm³/mol. The average molecular weight is 925 g/mol. The van der Waals surface area contributed by atoms with Crippen molar-refractivity contribution in [3.05, 3.63) is 65.9 Å². The number of ether oxygens (including phenoxy) is 5. The molecule has 0 bridgehead atoms. The van der Waals surface area contributed by atoms with E-state index in [-0.39, 0.29) is 35.7 Å². The Morgan fingerprint density at radius 1 is 0.896 bits per heavy atom. The van der Waals surface area contributed by atoms with Gasteiger partial charge in [0.05, 0.1) is 61.9 Å². The SMILES string of the molecule is CC[C@H](C)N(C(O)[C@@H](NC(=O)OC)C(C)C)[C@@H](C)c1ncc(-c2ccc3c(c2)COc2cc4c(ccc5[nH]c([C@H](C)N(C[C@H](C)COC)C(=O)[C@@H](NC(=O)OC)C6CCOCC6)nc54)cc2-3)[nH]1. The van der Waals surface area contributed by atoms with Crippen LogP contribution in [0.2, 0.25) is 0 Å². The molecule has 3 amide bonds. The number of nitrogens with one attached hydrogen (secondary N) is 4. The Balaban J connectivity index is 1.15. The van der Waals surface area contributed by atoms with Crippen LogP contribution in [0.15, 0.2) is 48.7 Å². The highest BCUT2D eigenvalue weighted by Gasteiger charge is 2.39. The van der Waals surface area contributed by atoms with Gasteiger partial charge in [-0.05, 0) is 104 Å². The highest BCUT2D eigenvalue weighted by Crippen LogP contribution is 2.43. The summed E-state index contributed by atoms with van der Waals surface area (Å²) in [6.45, 7) is 16.3. The molecule has 7 atom stereocenters. The lowest BCUT2D eigenvalue weighted by atomic mass is 9.90. The van der Waals surface area contributed by atoms with Crippen molar-refractivity contribution in [1.29, 1.82) is 0 Å². The number of aromatic amines is 2. The molecule has 5 N–H and O–H groups in total. The molecule has 2 aliphatic rings. The Morgan fingerprint density at radius 2 is 1.63 bits per heavy atom. The van der Waals surface area contributed by atoms with Crippen LogP contribution in [0.25, 0.3) is 44.2 Å². The topological polar surface area (TPSA) is 205 Å². The van der Waals surface area contributed by atoms with Crippen molar-refractivity contribution >= 4 is 39.9 Å². The van der Waals surface area contributed by atoms with Gasteiger partial charge in [-0.15, -0.1) is 0 Å². The van der Waals surface area contributed by atoms with Crippen LogP contribution in [-0.4, -0.2) is 125 Å². The third-order valence-corrected chi connectivity index (χ3v) is 13.6. The molecule has 1 unspecified atom stereocenters. The summed E-state index contributed by atoms with van der Waals surface area (Å²) >= 11 is 0. The number of carbonyl (C=O) groups excluding carboxylic acids is 3. The zero-order valence-electron chi connectivity index (χ0n) is 40.5. The number of carbonyl (C=O) groups is 3. The molecule has 0 aliphatic carbocycles. The number of imidazole rings is 2. The van der Waals surface area contributed by atoms with E-state index in [1.807, 2.05) is 51.8 Å². The minimum atomic E-state index is -0.996. The average Bonchev–Trinajstić information content (AvgIpc) is 4.02. The zero-order valence-corrected chi connectivity index (χ0v) is 40.5. The number of fused-ring (bicyclic) bond motifs is 6. The molecule has 2 aliphatic heterocycles. The molecule has 0 radical (unpaired) electrons. The van der Waals surface area contributed by atoms with E-state index in [4.69, 9.17) is 33.7 Å². The summed E-state index contributed by atoms with van der Waals surface area (Å²) in [5.74, 6) is 1.68. The van der Waals surface area contributed by atoms with Gasteiger partial charge in [0, 0.05) is 43.9 Å². The predicted octanol–water partition coefficient (Wildman–Crippen LogP) is 7.85. The van der Waals surface area contributed by atoms with Crippen molar-refractivity contribution in [3.63, 3.8) is 0 Å². The molecule has 3 aromatic carbocycles. The van der Waals surface area contributed by atoms with Crippen molar-refractivity contribution in [1.82, 2.24) is 40.4 Å². The van der Waals surface area contributed by atoms with Crippen LogP contribution in [0.1, 0.15) is 97.0 Å². The monoisotopic (exact) mass is 925 g/mol. The number of nitrogens with zero attached hydrogens (tertiary/aromatic N) is 4. The minimum absolute atomic E-state index is 0.00552. The van der Waals surface area contributed by atoms with E-state index in [1.165, 1.54) is 14.2 Å². The number of hydrogen-bond donors (Lipinski definition) is 5. The molecule has 1 saturated heterocycles. The Morgan fingerprint density at radius 3 is 2.31 bits per heavy atom. The lowest BCUT2D eigenvalue weighted by Gasteiger charge is -2.41. The van der Waals surface area contributed by atoms with Crippen LogP contribution in [0.4, 0.5) is 9.59 Å². The first-order valence-electron chi connectivity index (χ1n) is 23.5. The van der Waals surface area contributed by atoms with Gasteiger partial charge in [0.1, 0.15) is 36.3 Å². The summed E-state index contributed by atoms with van der Waals surface area (Å²) in [5, 5.41) is 19.3. The van der Waals surface area contributed by atoms with Crippen LogP contribution in [0.5, 0.6) is 5.75 Å². The van der Waals surface area contributed by atoms with Gasteiger partial charge in [-0.25, -0.2) is 19.6 Å². The van der Waals surface area contributed by atoms with Crippen LogP contribution in [0, 0.1) is 17.8 Å². The van der Waals surface area contributed by atoms with E-state index in [9.17, 15) is 19.5 Å². The largest absolute Gasteiger partial charge is 0.488 e. The number of methoxy groups -OCH3 is 3. The molecular weight excluding hydrogens is 857 g/mol. The lowest BCUT2D eigenvalue weighted by molar-refractivity contribution is -0.139. The van der Waals surface area contributed by atoms with Gasteiger partial charge in [-0.1, -0.05) is 45.9 Å². The second kappa shape index (κ2) is 21.5. The molecule has 17 nitrogen and oxygen atoms in total. The van der Waals surface area contributed by atoms with Gasteiger partial charge in [0.2, 0.25) is 5.91 Å². The highest BCUT2D eigenvalue weighted by molar-refractivity contribution is 6.07. The van der Waals surface area contributed by atoms with Gasteiger partial charge < -0.3 is 54.3 Å². The van der Waals surface area contributed by atoms with E-state index in [2.05, 4.69) is 70.8 Å². The van der Waals surface area contributed by atoms with E-state index in [0.29, 0.717) is 57.5 Å². The number of H-pyrrole nitrogens is 2. The van der Waals surface area contributed by atoms with Crippen LogP contribution < -0.4 is 15.4 Å². The molecule has 2 aromatic heterocycles. The van der Waals surface area contributed by atoms with Gasteiger partial charge >= 0.3 is 12.2 Å². The van der Waals surface area contributed by atoms with Crippen LogP contribution in [-0.2, 0) is 30.3 Å². The summed E-state index contributed by atoms with van der Waals surface area (Å²) in [6.07, 6.45) is 1.63. The maximum Gasteiger partial charge on any atom is 0.407 e. The van der Waals surface area contributed by atoms with Gasteiger partial charge in [-0.2, -0.15) is 0 Å². The Labute approximate surface area is 392 Å². The summed E-state index contributed by atoms with van der Waals surface area (Å²) in [7, 11) is 4.26. The number of rotatable bonds is 18. The van der Waals surface area contributed by atoms with E-state index >= 15 is 0 Å². The van der Waals surface area contributed by atoms with E-state index < -0.39 is 36.5 Å². The molecular formula is C50H68N8O9. The number of aliphatic hydroxyl groups excluding tert-OH is 1. The third kappa shape index (κ3) is 10.5. The van der Waals surface area contributed by atoms with Crippen LogP contribution in [0.3, 0.4) is 0 Å². The maximum atomic E-state index is 14.6. The normalized spacial score (nSPS) is 17.1. The molecule has 7 rings (SSSR count). The fourth-order valence-electron chi connectivity index (χ4n) is 9.61. The molecule has 5 aromatic rings. The fourth-order valence-corrected chi connectivity index (χ4v) is 9.61. The minimum Gasteiger partial charge on any atom is -0.488 e. The Kier molecular flexibility index (Phi) is 15.8. The second-order valence-electron chi connectivity index (χ2n) is 18.5. The number of benzene rings is 3. The molecule has 1 fully saturated rings. The first-order chi connectivity index (χ1) is 32.2. The maximum absolute atomic E-state index is 14.6. The van der Waals surface area contributed by atoms with Gasteiger partial charge in [0.25, 0.3) is 0 Å². The third-order valence-electron chi connectivity index (χ3n) is 13.6. The van der Waals surface area contributed by atoms with E-state index in [1.54, 1.807) is 12.0 Å². The number of hydrogen-bond acceptors (Lipinski definition) is 12. The zero-order chi connectivity index (χ0) is 48.1. The number of amides is 3. The van der Waals surface area contributed by atoms with Crippen molar-refractivity contribution in [2.75, 3.05) is 47.7 Å². The Hall–Kier alpha value is -5.75. The molecule has 362 valence electrons. The Bertz CT molecular complexity index is 2520. The quantitative estimate of drug-likeness (QED) is 0.0533. The van der Waals surface area contributed by atoms with Crippen molar-refractivity contribution in [2.45, 2.75) is 111 Å². The van der Waals surface area contributed by atoms with Crippen LogP contribution >= 0.6 is 0 Å². The number of alkyl carbamates (subject to hydrolysis) is 2. The summed E-state index contributed by atoms with van der Waals surface area (Å²) in [6, 6.07) is 12.4. The van der Waals surface area contributed by atoms with Crippen molar-refractivity contribution in [3.8, 4) is 28.1 Å². The van der Waals surface area contributed by atoms with Gasteiger partial charge in [-0.3, -0.25) is 9.69 Å². The smallest absolute Gasteiger partial charge is 0.407 e. The highest BCUT2D eigenvalue weighted by atomic mass is 16.5. The number of aromatic nitrogens is 4. The molecule has 0 spiro atoms. The molecule has 4 heterocycles. The van der Waals surface area contributed by atoms with Crippen molar-refractivity contribution < 1.29 is 43.2 Å². The number of aliphatic hydroxyl groups is 1. The summed E-state index contributed by atoms with van der Waals surface area (Å²) < 4.78 is 27.4.